The lowest BCUT2D eigenvalue weighted by molar-refractivity contribution is -0.118. The van der Waals surface area contributed by atoms with E-state index in [0.29, 0.717) is 47.6 Å². The number of amides is 1. The van der Waals surface area contributed by atoms with E-state index in [1.807, 2.05) is 0 Å². The number of methoxy groups -OCH3 is 1. The highest BCUT2D eigenvalue weighted by Crippen LogP contribution is 2.32. The van der Waals surface area contributed by atoms with Crippen molar-refractivity contribution in [3.63, 3.8) is 0 Å². The van der Waals surface area contributed by atoms with Crippen molar-refractivity contribution < 1.29 is 32.2 Å². The molecule has 0 saturated carbocycles. The van der Waals surface area contributed by atoms with Crippen molar-refractivity contribution in [2.24, 2.45) is 0 Å². The van der Waals surface area contributed by atoms with Gasteiger partial charge in [0.2, 0.25) is 0 Å². The molecule has 0 bridgehead atoms. The van der Waals surface area contributed by atoms with Crippen LogP contribution in [0.4, 0.5) is 11.4 Å². The molecule has 0 spiro atoms. The number of fused-ring (bicyclic) bond motifs is 1. The Morgan fingerprint density at radius 2 is 1.67 bits per heavy atom. The molecule has 1 amide bonds. The minimum Gasteiger partial charge on any atom is -0.497 e. The standard InChI is InChI=1S/C23H22N2O7S/c1-29-19-4-2-3-17(13-19)25-33(27,28)20-8-6-18(7-9-20)32-15-23(26)24-16-5-10-21-22(14-16)31-12-11-30-21/h2-10,13-14,25H,11-12,15H2,1H3,(H,24,26). The van der Waals surface area contributed by atoms with Crippen molar-refractivity contribution in [1.82, 2.24) is 0 Å². The van der Waals surface area contributed by atoms with Crippen LogP contribution in [0.2, 0.25) is 0 Å². The van der Waals surface area contributed by atoms with Gasteiger partial charge in [-0.05, 0) is 48.5 Å². The fourth-order valence-electron chi connectivity index (χ4n) is 3.08. The predicted molar refractivity (Wildman–Crippen MR) is 122 cm³/mol. The highest BCUT2D eigenvalue weighted by atomic mass is 32.2. The lowest BCUT2D eigenvalue weighted by Crippen LogP contribution is -2.21. The Bertz CT molecular complexity index is 1240. The predicted octanol–water partition coefficient (Wildman–Crippen LogP) is 3.28. The number of nitrogens with one attached hydrogen (secondary N) is 2. The van der Waals surface area contributed by atoms with E-state index in [2.05, 4.69) is 10.0 Å². The molecule has 1 heterocycles. The van der Waals surface area contributed by atoms with Gasteiger partial charge in [-0.2, -0.15) is 0 Å². The van der Waals surface area contributed by atoms with Crippen molar-refractivity contribution in [2.45, 2.75) is 4.90 Å². The van der Waals surface area contributed by atoms with Gasteiger partial charge >= 0.3 is 0 Å². The van der Waals surface area contributed by atoms with Crippen LogP contribution in [0.3, 0.4) is 0 Å². The molecular formula is C23H22N2O7S. The van der Waals surface area contributed by atoms with Crippen LogP contribution in [0.25, 0.3) is 0 Å². The number of hydrogen-bond acceptors (Lipinski definition) is 7. The van der Waals surface area contributed by atoms with E-state index in [1.165, 1.54) is 31.4 Å². The Balaban J connectivity index is 1.33. The summed E-state index contributed by atoms with van der Waals surface area (Å²) >= 11 is 0. The maximum atomic E-state index is 12.6. The lowest BCUT2D eigenvalue weighted by atomic mass is 10.2. The summed E-state index contributed by atoms with van der Waals surface area (Å²) in [4.78, 5) is 12.3. The van der Waals surface area contributed by atoms with Crippen molar-refractivity contribution in [1.29, 1.82) is 0 Å². The summed E-state index contributed by atoms with van der Waals surface area (Å²) in [5, 5.41) is 2.72. The summed E-state index contributed by atoms with van der Waals surface area (Å²) in [6, 6.07) is 17.5. The fraction of sp³-hybridized carbons (Fsp3) is 0.174. The second-order valence-corrected chi connectivity index (χ2v) is 8.69. The van der Waals surface area contributed by atoms with E-state index in [9.17, 15) is 13.2 Å². The van der Waals surface area contributed by atoms with Gasteiger partial charge < -0.3 is 24.3 Å². The Morgan fingerprint density at radius 3 is 2.42 bits per heavy atom. The molecule has 1 aliphatic heterocycles. The summed E-state index contributed by atoms with van der Waals surface area (Å²) in [5.41, 5.74) is 0.934. The van der Waals surface area contributed by atoms with E-state index in [4.69, 9.17) is 18.9 Å². The summed E-state index contributed by atoms with van der Waals surface area (Å²) in [5.74, 6) is 1.72. The number of carbonyl (C=O) groups excluding carboxylic acids is 1. The molecule has 0 aliphatic carbocycles. The molecule has 1 aliphatic rings. The Labute approximate surface area is 191 Å². The molecule has 3 aromatic carbocycles. The molecular weight excluding hydrogens is 448 g/mol. The first kappa shape index (κ1) is 22.3. The molecule has 3 aromatic rings. The summed E-state index contributed by atoms with van der Waals surface area (Å²) < 4.78 is 49.2. The average Bonchev–Trinajstić information content (AvgIpc) is 2.83. The van der Waals surface area contributed by atoms with Gasteiger partial charge in [0.1, 0.15) is 24.7 Å². The minimum atomic E-state index is -3.80. The first-order chi connectivity index (χ1) is 15.9. The van der Waals surface area contributed by atoms with Crippen molar-refractivity contribution >= 4 is 27.3 Å². The highest BCUT2D eigenvalue weighted by Gasteiger charge is 2.16. The molecule has 0 aromatic heterocycles. The zero-order valence-electron chi connectivity index (χ0n) is 17.7. The fourth-order valence-corrected chi connectivity index (χ4v) is 4.13. The van der Waals surface area contributed by atoms with Gasteiger partial charge in [-0.15, -0.1) is 0 Å². The smallest absolute Gasteiger partial charge is 0.262 e. The molecule has 10 heteroatoms. The molecule has 2 N–H and O–H groups in total. The first-order valence-corrected chi connectivity index (χ1v) is 11.5. The molecule has 9 nitrogen and oxygen atoms in total. The van der Waals surface area contributed by atoms with Gasteiger partial charge in [-0.25, -0.2) is 8.42 Å². The van der Waals surface area contributed by atoms with E-state index in [-0.39, 0.29) is 17.4 Å². The topological polar surface area (TPSA) is 112 Å². The molecule has 0 saturated heterocycles. The molecule has 4 rings (SSSR count). The molecule has 0 fully saturated rings. The Kier molecular flexibility index (Phi) is 6.55. The second-order valence-electron chi connectivity index (χ2n) is 7.00. The summed E-state index contributed by atoms with van der Waals surface area (Å²) in [6.07, 6.45) is 0. The van der Waals surface area contributed by atoms with E-state index >= 15 is 0 Å². The maximum absolute atomic E-state index is 12.6. The van der Waals surface area contributed by atoms with E-state index in [0.717, 1.165) is 0 Å². The van der Waals surface area contributed by atoms with Crippen molar-refractivity contribution in [3.05, 3.63) is 66.7 Å². The summed E-state index contributed by atoms with van der Waals surface area (Å²) in [6.45, 7) is 0.695. The van der Waals surface area contributed by atoms with Gasteiger partial charge in [0.15, 0.2) is 18.1 Å². The molecule has 0 unspecified atom stereocenters. The number of carbonyl (C=O) groups is 1. The van der Waals surface area contributed by atoms with Crippen molar-refractivity contribution in [3.8, 4) is 23.0 Å². The maximum Gasteiger partial charge on any atom is 0.262 e. The van der Waals surface area contributed by atoms with E-state index in [1.54, 1.807) is 42.5 Å². The summed E-state index contributed by atoms with van der Waals surface area (Å²) in [7, 11) is -2.29. The quantitative estimate of drug-likeness (QED) is 0.520. The van der Waals surface area contributed by atoms with Gasteiger partial charge in [0.25, 0.3) is 15.9 Å². The average molecular weight is 471 g/mol. The van der Waals surface area contributed by atoms with Gasteiger partial charge in [0.05, 0.1) is 17.7 Å². The van der Waals surface area contributed by atoms with Crippen LogP contribution in [0.5, 0.6) is 23.0 Å². The lowest BCUT2D eigenvalue weighted by Gasteiger charge is -2.19. The number of ether oxygens (including phenoxy) is 4. The molecule has 0 atom stereocenters. The van der Waals surface area contributed by atoms with Crippen LogP contribution in [-0.2, 0) is 14.8 Å². The largest absolute Gasteiger partial charge is 0.497 e. The van der Waals surface area contributed by atoms with Crippen LogP contribution >= 0.6 is 0 Å². The van der Waals surface area contributed by atoms with Crippen LogP contribution < -0.4 is 29.0 Å². The zero-order valence-corrected chi connectivity index (χ0v) is 18.6. The number of rotatable bonds is 8. The Hall–Kier alpha value is -3.92. The zero-order chi connectivity index (χ0) is 23.3. The molecule has 33 heavy (non-hydrogen) atoms. The normalized spacial score (nSPS) is 12.5. The number of sulfonamides is 1. The SMILES string of the molecule is COc1cccc(NS(=O)(=O)c2ccc(OCC(=O)Nc3ccc4c(c3)OCCO4)cc2)c1. The van der Waals surface area contributed by atoms with Gasteiger partial charge in [0, 0.05) is 17.8 Å². The number of hydrogen-bond donors (Lipinski definition) is 2. The number of anilines is 2. The van der Waals surface area contributed by atoms with Crippen LogP contribution in [-0.4, -0.2) is 41.3 Å². The minimum absolute atomic E-state index is 0.0541. The molecule has 172 valence electrons. The van der Waals surface area contributed by atoms with Crippen LogP contribution in [0, 0.1) is 0 Å². The molecule has 0 radical (unpaired) electrons. The third-order valence-corrected chi connectivity index (χ3v) is 6.05. The second kappa shape index (κ2) is 9.70. The van der Waals surface area contributed by atoms with Gasteiger partial charge in [-0.1, -0.05) is 6.07 Å². The monoisotopic (exact) mass is 470 g/mol. The van der Waals surface area contributed by atoms with Crippen molar-refractivity contribution in [2.75, 3.05) is 37.0 Å². The number of benzene rings is 3. The Morgan fingerprint density at radius 1 is 0.909 bits per heavy atom. The van der Waals surface area contributed by atoms with Crippen LogP contribution in [0.1, 0.15) is 0 Å². The van der Waals surface area contributed by atoms with E-state index < -0.39 is 10.0 Å². The highest BCUT2D eigenvalue weighted by molar-refractivity contribution is 7.92. The first-order valence-electron chi connectivity index (χ1n) is 10.0. The van der Waals surface area contributed by atoms with Crippen LogP contribution in [0.15, 0.2) is 71.6 Å². The third kappa shape index (κ3) is 5.66. The third-order valence-electron chi connectivity index (χ3n) is 4.65. The van der Waals surface area contributed by atoms with Gasteiger partial charge in [-0.3, -0.25) is 9.52 Å².